The summed E-state index contributed by atoms with van der Waals surface area (Å²) in [6.45, 7) is 0. The Hall–Kier alpha value is -2.53. The zero-order valence-corrected chi connectivity index (χ0v) is 16.1. The molecule has 0 spiro atoms. The Balaban J connectivity index is 1.66. The monoisotopic (exact) mass is 378 g/mol. The smallest absolute Gasteiger partial charge is 0.267 e. The van der Waals surface area contributed by atoms with Crippen LogP contribution in [0.1, 0.15) is 31.2 Å². The van der Waals surface area contributed by atoms with Gasteiger partial charge in [0.25, 0.3) is 5.91 Å². The van der Waals surface area contributed by atoms with Crippen LogP contribution in [0.2, 0.25) is 0 Å². The van der Waals surface area contributed by atoms with Gasteiger partial charge in [0.1, 0.15) is 5.75 Å². The molecule has 138 valence electrons. The predicted molar refractivity (Wildman–Crippen MR) is 111 cm³/mol. The van der Waals surface area contributed by atoms with Crippen LogP contribution < -0.4 is 4.74 Å². The molecule has 0 bridgehead atoms. The second-order valence-corrected chi connectivity index (χ2v) is 7.74. The van der Waals surface area contributed by atoms with Gasteiger partial charge in [0.2, 0.25) is 0 Å². The summed E-state index contributed by atoms with van der Waals surface area (Å²) in [5, 5.41) is 0.790. The fraction of sp³-hybridized carbons (Fsp3) is 0.273. The Morgan fingerprint density at radius 1 is 1.07 bits per heavy atom. The van der Waals surface area contributed by atoms with Crippen LogP contribution in [0, 0.1) is 0 Å². The summed E-state index contributed by atoms with van der Waals surface area (Å²) in [5.74, 6) is 0.874. The molecule has 5 heteroatoms. The number of rotatable bonds is 4. The zero-order valence-electron chi connectivity index (χ0n) is 15.3. The Morgan fingerprint density at radius 2 is 1.78 bits per heavy atom. The number of methoxy groups -OCH3 is 1. The highest BCUT2D eigenvalue weighted by atomic mass is 32.2. The first-order valence-electron chi connectivity index (χ1n) is 9.25. The molecule has 0 unspecified atom stereocenters. The third-order valence-corrected chi connectivity index (χ3v) is 5.90. The van der Waals surface area contributed by atoms with E-state index < -0.39 is 0 Å². The molecule has 2 aromatic rings. The van der Waals surface area contributed by atoms with Gasteiger partial charge in [-0.3, -0.25) is 9.69 Å². The first-order chi connectivity index (χ1) is 13.2. The average Bonchev–Trinajstić information content (AvgIpc) is 3.32. The van der Waals surface area contributed by atoms with E-state index in [9.17, 15) is 4.79 Å². The van der Waals surface area contributed by atoms with Gasteiger partial charge in [0.15, 0.2) is 5.17 Å². The number of nitrogens with zero attached hydrogens (tertiary/aromatic N) is 2. The molecule has 0 atom stereocenters. The van der Waals surface area contributed by atoms with Crippen molar-refractivity contribution in [2.75, 3.05) is 7.11 Å². The molecule has 0 aromatic heterocycles. The Bertz CT molecular complexity index is 869. The van der Waals surface area contributed by atoms with Crippen molar-refractivity contribution in [1.29, 1.82) is 0 Å². The lowest BCUT2D eigenvalue weighted by Gasteiger charge is -2.22. The summed E-state index contributed by atoms with van der Waals surface area (Å²) in [5.41, 5.74) is 1.86. The summed E-state index contributed by atoms with van der Waals surface area (Å²) in [4.78, 5) is 20.6. The quantitative estimate of drug-likeness (QED) is 0.683. The fourth-order valence-electron chi connectivity index (χ4n) is 3.51. The molecule has 0 N–H and O–H groups in total. The number of aliphatic imine (C=N–C) groups is 1. The van der Waals surface area contributed by atoms with Crippen molar-refractivity contribution in [3.05, 3.63) is 65.1 Å². The predicted octanol–water partition coefficient (Wildman–Crippen LogP) is 5.24. The third-order valence-electron chi connectivity index (χ3n) is 4.92. The molecule has 0 radical (unpaired) electrons. The molecule has 1 amide bonds. The lowest BCUT2D eigenvalue weighted by atomic mass is 10.2. The second-order valence-electron chi connectivity index (χ2n) is 6.73. The van der Waals surface area contributed by atoms with Gasteiger partial charge >= 0.3 is 0 Å². The van der Waals surface area contributed by atoms with Crippen LogP contribution in [0.4, 0.5) is 5.69 Å². The maximum absolute atomic E-state index is 13.2. The van der Waals surface area contributed by atoms with Crippen molar-refractivity contribution >= 4 is 34.6 Å². The highest BCUT2D eigenvalue weighted by molar-refractivity contribution is 8.18. The molecule has 1 heterocycles. The summed E-state index contributed by atoms with van der Waals surface area (Å²) in [6, 6.07) is 17.8. The molecule has 4 rings (SSSR count). The Kier molecular flexibility index (Phi) is 5.30. The minimum absolute atomic E-state index is 0.0670. The van der Waals surface area contributed by atoms with Gasteiger partial charge in [-0.2, -0.15) is 0 Å². The number of amidine groups is 1. The van der Waals surface area contributed by atoms with Crippen LogP contribution in [0.25, 0.3) is 6.08 Å². The lowest BCUT2D eigenvalue weighted by Crippen LogP contribution is -2.37. The van der Waals surface area contributed by atoms with Crippen molar-refractivity contribution in [2.24, 2.45) is 4.99 Å². The van der Waals surface area contributed by atoms with Crippen LogP contribution in [-0.2, 0) is 4.79 Å². The fourth-order valence-corrected chi connectivity index (χ4v) is 4.57. The number of para-hydroxylation sites is 1. The van der Waals surface area contributed by atoms with Gasteiger partial charge in [0, 0.05) is 6.04 Å². The van der Waals surface area contributed by atoms with E-state index >= 15 is 0 Å². The summed E-state index contributed by atoms with van der Waals surface area (Å²) in [7, 11) is 1.65. The summed E-state index contributed by atoms with van der Waals surface area (Å²) < 4.78 is 5.21. The van der Waals surface area contributed by atoms with Gasteiger partial charge in [0.05, 0.1) is 17.7 Å². The van der Waals surface area contributed by atoms with Gasteiger partial charge < -0.3 is 4.74 Å². The number of amides is 1. The van der Waals surface area contributed by atoms with Crippen molar-refractivity contribution in [2.45, 2.75) is 31.7 Å². The standard InChI is InChI=1S/C22H22N2O2S/c1-26-19-13-11-16(12-14-19)15-20-21(25)24(18-9-5-6-10-18)22(27-20)23-17-7-3-2-4-8-17/h2-4,7-8,11-15,18H,5-6,9-10H2,1H3/b20-15-,23-22?. The second kappa shape index (κ2) is 8.01. The normalized spacial score (nSPS) is 20.8. The molecule has 1 aliphatic heterocycles. The van der Waals surface area contributed by atoms with Crippen molar-refractivity contribution < 1.29 is 9.53 Å². The molecule has 4 nitrogen and oxygen atoms in total. The van der Waals surface area contributed by atoms with Crippen LogP contribution in [0.15, 0.2) is 64.5 Å². The van der Waals surface area contributed by atoms with Gasteiger partial charge in [-0.25, -0.2) is 4.99 Å². The van der Waals surface area contributed by atoms with E-state index in [4.69, 9.17) is 9.73 Å². The van der Waals surface area contributed by atoms with Crippen LogP contribution in [0.3, 0.4) is 0 Å². The number of thioether (sulfide) groups is 1. The first kappa shape index (κ1) is 17.9. The lowest BCUT2D eigenvalue weighted by molar-refractivity contribution is -0.123. The largest absolute Gasteiger partial charge is 0.497 e. The van der Waals surface area contributed by atoms with E-state index in [1.54, 1.807) is 7.11 Å². The van der Waals surface area contributed by atoms with Gasteiger partial charge in [-0.05, 0) is 60.5 Å². The molecule has 1 aliphatic carbocycles. The molecule has 2 aliphatic rings. The van der Waals surface area contributed by atoms with E-state index in [1.807, 2.05) is 65.6 Å². The van der Waals surface area contributed by atoms with Crippen molar-refractivity contribution in [3.63, 3.8) is 0 Å². The number of benzene rings is 2. The number of hydrogen-bond donors (Lipinski definition) is 0. The van der Waals surface area contributed by atoms with E-state index in [-0.39, 0.29) is 11.9 Å². The minimum atomic E-state index is 0.0670. The average molecular weight is 378 g/mol. The Morgan fingerprint density at radius 3 is 2.44 bits per heavy atom. The minimum Gasteiger partial charge on any atom is -0.497 e. The third kappa shape index (κ3) is 3.93. The molecular formula is C22H22N2O2S. The molecule has 1 saturated heterocycles. The number of hydrogen-bond acceptors (Lipinski definition) is 4. The highest BCUT2D eigenvalue weighted by Gasteiger charge is 2.39. The maximum atomic E-state index is 13.2. The molecule has 1 saturated carbocycles. The van der Waals surface area contributed by atoms with E-state index in [0.717, 1.165) is 39.9 Å². The maximum Gasteiger partial charge on any atom is 0.267 e. The number of carbonyl (C=O) groups is 1. The van der Waals surface area contributed by atoms with E-state index in [1.165, 1.54) is 24.6 Å². The van der Waals surface area contributed by atoms with E-state index in [0.29, 0.717) is 0 Å². The summed E-state index contributed by atoms with van der Waals surface area (Å²) >= 11 is 1.47. The molecule has 27 heavy (non-hydrogen) atoms. The van der Waals surface area contributed by atoms with Gasteiger partial charge in [-0.1, -0.05) is 43.2 Å². The molecule has 2 aromatic carbocycles. The van der Waals surface area contributed by atoms with Gasteiger partial charge in [-0.15, -0.1) is 0 Å². The number of carbonyl (C=O) groups excluding carboxylic acids is 1. The molecular weight excluding hydrogens is 356 g/mol. The van der Waals surface area contributed by atoms with Crippen LogP contribution in [0.5, 0.6) is 5.75 Å². The van der Waals surface area contributed by atoms with Crippen LogP contribution >= 0.6 is 11.8 Å². The van der Waals surface area contributed by atoms with Crippen molar-refractivity contribution in [3.8, 4) is 5.75 Å². The highest BCUT2D eigenvalue weighted by Crippen LogP contribution is 2.39. The van der Waals surface area contributed by atoms with Crippen LogP contribution in [-0.4, -0.2) is 29.1 Å². The first-order valence-corrected chi connectivity index (χ1v) is 10.1. The SMILES string of the molecule is COc1ccc(/C=C2\SC(=Nc3ccccc3)N(C3CCCC3)C2=O)cc1. The Labute approximate surface area is 163 Å². The molecule has 2 fully saturated rings. The topological polar surface area (TPSA) is 41.9 Å². The zero-order chi connectivity index (χ0) is 18.6. The summed E-state index contributed by atoms with van der Waals surface area (Å²) in [6.07, 6.45) is 6.40. The number of ether oxygens (including phenoxy) is 1. The van der Waals surface area contributed by atoms with E-state index in [2.05, 4.69) is 0 Å². The van der Waals surface area contributed by atoms with Crippen molar-refractivity contribution in [1.82, 2.24) is 4.90 Å².